The number of nitrogens with zero attached hydrogens (tertiary/aromatic N) is 4. The molecule has 2 aromatic rings. The lowest BCUT2D eigenvalue weighted by atomic mass is 10.3. The molecule has 3 rings (SSSR count). The topological polar surface area (TPSA) is 87.4 Å². The summed E-state index contributed by atoms with van der Waals surface area (Å²) in [5, 5.41) is 18.9. The minimum absolute atomic E-state index is 0.277. The van der Waals surface area contributed by atoms with Crippen LogP contribution in [0.1, 0.15) is 13.8 Å². The molecule has 1 aromatic carbocycles. The van der Waals surface area contributed by atoms with E-state index < -0.39 is 5.85 Å². The zero-order valence-corrected chi connectivity index (χ0v) is 17.1. The molecular weight excluding hydrogens is 419 g/mol. The van der Waals surface area contributed by atoms with Gasteiger partial charge in [-0.15, -0.1) is 0 Å². The number of aromatic nitrogens is 3. The maximum absolute atomic E-state index is 11.3. The molecule has 2 heterocycles. The van der Waals surface area contributed by atoms with Crippen LogP contribution in [0.25, 0.3) is 0 Å². The Kier molecular flexibility index (Phi) is 5.88. The number of hydrogen-bond acceptors (Lipinski definition) is 7. The van der Waals surface area contributed by atoms with Crippen LogP contribution in [-0.2, 0) is 5.85 Å². The Morgan fingerprint density at radius 3 is 2.58 bits per heavy atom. The fourth-order valence-corrected chi connectivity index (χ4v) is 4.44. The average molecular weight is 436 g/mol. The monoisotopic (exact) mass is 434 g/mol. The van der Waals surface area contributed by atoms with Gasteiger partial charge in [-0.1, -0.05) is 46.6 Å². The van der Waals surface area contributed by atoms with Gasteiger partial charge in [-0.25, -0.2) is 4.57 Å². The van der Waals surface area contributed by atoms with Crippen LogP contribution in [0.5, 0.6) is 0 Å². The lowest BCUT2D eigenvalue weighted by Gasteiger charge is -2.28. The normalized spacial score (nSPS) is 19.5. The van der Waals surface area contributed by atoms with Gasteiger partial charge >= 0.3 is 0 Å². The summed E-state index contributed by atoms with van der Waals surface area (Å²) in [5.41, 5.74) is 0.731. The van der Waals surface area contributed by atoms with Crippen molar-refractivity contribution in [1.29, 1.82) is 0 Å². The first-order valence-electron chi connectivity index (χ1n) is 7.91. The molecule has 11 heteroatoms. The molecule has 0 amide bonds. The lowest BCUT2D eigenvalue weighted by molar-refractivity contribution is 0.00820. The van der Waals surface area contributed by atoms with Gasteiger partial charge in [0.15, 0.2) is 5.16 Å². The number of fused-ring (bicyclic) bond motifs is 1. The van der Waals surface area contributed by atoms with Crippen molar-refractivity contribution < 1.29 is 5.11 Å². The summed E-state index contributed by atoms with van der Waals surface area (Å²) >= 11 is 19.8. The van der Waals surface area contributed by atoms with Crippen molar-refractivity contribution in [2.75, 3.05) is 29.5 Å². The second-order valence-corrected chi connectivity index (χ2v) is 7.64. The maximum atomic E-state index is 11.3. The SMILES string of the molecule is CCN=c1nc(NCC)nc2n1C(O)(Nc1c(Cl)cc(Cl)cc1Cl)CS2. The summed E-state index contributed by atoms with van der Waals surface area (Å²) in [7, 11) is 0. The number of benzene rings is 1. The van der Waals surface area contributed by atoms with Crippen molar-refractivity contribution in [3.63, 3.8) is 0 Å². The van der Waals surface area contributed by atoms with Gasteiger partial charge in [0.2, 0.25) is 17.4 Å². The Hall–Kier alpha value is -1.19. The first kappa shape index (κ1) is 19.6. The second kappa shape index (κ2) is 7.82. The highest BCUT2D eigenvalue weighted by atomic mass is 35.5. The largest absolute Gasteiger partial charge is 0.354 e. The molecule has 0 fully saturated rings. The highest BCUT2D eigenvalue weighted by Crippen LogP contribution is 2.39. The van der Waals surface area contributed by atoms with Crippen molar-refractivity contribution in [3.05, 3.63) is 32.8 Å². The van der Waals surface area contributed by atoms with Crippen LogP contribution in [0.3, 0.4) is 0 Å². The summed E-state index contributed by atoms with van der Waals surface area (Å²) in [5.74, 6) is -0.802. The first-order valence-corrected chi connectivity index (χ1v) is 10.0. The third-order valence-corrected chi connectivity index (χ3v) is 5.43. The number of hydrogen-bond donors (Lipinski definition) is 3. The molecule has 140 valence electrons. The Balaban J connectivity index is 2.09. The Bertz CT molecular complexity index is 882. The van der Waals surface area contributed by atoms with Gasteiger partial charge in [-0.3, -0.25) is 4.99 Å². The van der Waals surface area contributed by atoms with Crippen LogP contribution < -0.4 is 16.3 Å². The quantitative estimate of drug-likeness (QED) is 0.624. The van der Waals surface area contributed by atoms with E-state index in [0.29, 0.717) is 50.6 Å². The zero-order chi connectivity index (χ0) is 18.9. The van der Waals surface area contributed by atoms with Crippen LogP contribution in [-0.4, -0.2) is 38.5 Å². The van der Waals surface area contributed by atoms with Crippen molar-refractivity contribution in [3.8, 4) is 0 Å². The van der Waals surface area contributed by atoms with E-state index in [1.54, 1.807) is 16.7 Å². The van der Waals surface area contributed by atoms with Crippen LogP contribution in [0.15, 0.2) is 22.3 Å². The van der Waals surface area contributed by atoms with Crippen LogP contribution >= 0.6 is 46.6 Å². The molecule has 1 atom stereocenters. The third kappa shape index (κ3) is 3.75. The van der Waals surface area contributed by atoms with E-state index in [4.69, 9.17) is 34.8 Å². The number of halogens is 3. The predicted octanol–water partition coefficient (Wildman–Crippen LogP) is 3.41. The molecule has 0 saturated carbocycles. The van der Waals surface area contributed by atoms with Crippen molar-refractivity contribution >= 4 is 58.2 Å². The van der Waals surface area contributed by atoms with Gasteiger partial charge in [-0.05, 0) is 26.0 Å². The van der Waals surface area contributed by atoms with E-state index in [1.807, 2.05) is 13.8 Å². The van der Waals surface area contributed by atoms with Gasteiger partial charge in [-0.2, -0.15) is 9.97 Å². The second-order valence-electron chi connectivity index (χ2n) is 5.44. The fraction of sp³-hybridized carbons (Fsp3) is 0.400. The molecule has 0 saturated heterocycles. The zero-order valence-electron chi connectivity index (χ0n) is 14.1. The summed E-state index contributed by atoms with van der Waals surface area (Å²) in [6, 6.07) is 3.10. The molecule has 0 bridgehead atoms. The molecule has 0 radical (unpaired) electrons. The van der Waals surface area contributed by atoms with E-state index in [9.17, 15) is 5.11 Å². The molecule has 1 aliphatic rings. The standard InChI is InChI=1S/C15H17Cl3N6OS/c1-3-19-12-21-13(20-4-2)24-14(22-12)26-7-15(24,25)23-11-9(17)5-8(16)6-10(11)18/h5-6,23,25H,3-4,7H2,1-2H3,(H,19,20,21). The van der Waals surface area contributed by atoms with Crippen LogP contribution in [0, 0.1) is 0 Å². The summed E-state index contributed by atoms with van der Waals surface area (Å²) < 4.78 is 1.54. The molecule has 0 aliphatic carbocycles. The number of rotatable bonds is 5. The van der Waals surface area contributed by atoms with Crippen LogP contribution in [0.4, 0.5) is 11.6 Å². The van der Waals surface area contributed by atoms with Crippen molar-refractivity contribution in [1.82, 2.24) is 14.5 Å². The highest BCUT2D eigenvalue weighted by Gasteiger charge is 2.40. The summed E-state index contributed by atoms with van der Waals surface area (Å²) in [6.45, 7) is 5.03. The predicted molar refractivity (Wildman–Crippen MR) is 106 cm³/mol. The average Bonchev–Trinajstić information content (AvgIpc) is 2.89. The molecule has 0 spiro atoms. The van der Waals surface area contributed by atoms with E-state index in [1.165, 1.54) is 11.8 Å². The molecule has 26 heavy (non-hydrogen) atoms. The molecule has 7 nitrogen and oxygen atoms in total. The van der Waals surface area contributed by atoms with E-state index in [2.05, 4.69) is 25.6 Å². The van der Waals surface area contributed by atoms with Gasteiger partial charge in [0, 0.05) is 18.1 Å². The molecular formula is C15H17Cl3N6OS. The number of anilines is 2. The van der Waals surface area contributed by atoms with Gasteiger partial charge in [0.1, 0.15) is 0 Å². The van der Waals surface area contributed by atoms with Gasteiger partial charge in [0.25, 0.3) is 0 Å². The Labute approximate surface area is 169 Å². The highest BCUT2D eigenvalue weighted by molar-refractivity contribution is 7.99. The van der Waals surface area contributed by atoms with E-state index >= 15 is 0 Å². The Morgan fingerprint density at radius 1 is 1.27 bits per heavy atom. The fourth-order valence-electron chi connectivity index (χ4n) is 2.48. The third-order valence-electron chi connectivity index (χ3n) is 3.54. The summed E-state index contributed by atoms with van der Waals surface area (Å²) in [6.07, 6.45) is 0. The molecule has 3 N–H and O–H groups in total. The number of aliphatic hydroxyl groups is 1. The maximum Gasteiger partial charge on any atom is 0.234 e. The minimum Gasteiger partial charge on any atom is -0.354 e. The minimum atomic E-state index is -1.54. The van der Waals surface area contributed by atoms with Crippen molar-refractivity contribution in [2.24, 2.45) is 4.99 Å². The van der Waals surface area contributed by atoms with Gasteiger partial charge < -0.3 is 15.7 Å². The first-order chi connectivity index (χ1) is 12.4. The molecule has 1 aromatic heterocycles. The van der Waals surface area contributed by atoms with E-state index in [-0.39, 0.29) is 5.75 Å². The molecule has 1 unspecified atom stereocenters. The van der Waals surface area contributed by atoms with Gasteiger partial charge in [0.05, 0.1) is 21.5 Å². The number of nitrogens with one attached hydrogen (secondary N) is 2. The smallest absolute Gasteiger partial charge is 0.234 e. The molecule has 1 aliphatic heterocycles. The Morgan fingerprint density at radius 2 is 1.96 bits per heavy atom. The summed E-state index contributed by atoms with van der Waals surface area (Å²) in [4.78, 5) is 13.2. The lowest BCUT2D eigenvalue weighted by Crippen LogP contribution is -2.48. The van der Waals surface area contributed by atoms with Crippen molar-refractivity contribution in [2.45, 2.75) is 24.9 Å². The number of thioether (sulfide) groups is 1. The van der Waals surface area contributed by atoms with Crippen LogP contribution in [0.2, 0.25) is 15.1 Å². The van der Waals surface area contributed by atoms with E-state index in [0.717, 1.165) is 0 Å².